The Morgan fingerprint density at radius 1 is 1.00 bits per heavy atom. The molecule has 2 aliphatic heterocycles. The first-order chi connectivity index (χ1) is 16.2. The highest BCUT2D eigenvalue weighted by Gasteiger charge is 2.37. The smallest absolute Gasteiger partial charge is 0.239 e. The van der Waals surface area contributed by atoms with E-state index in [1.165, 1.54) is 21.6 Å². The summed E-state index contributed by atoms with van der Waals surface area (Å²) in [6.45, 7) is 14.1. The van der Waals surface area contributed by atoms with Crippen LogP contribution in [0.2, 0.25) is 0 Å². The minimum absolute atomic E-state index is 0.0211. The van der Waals surface area contributed by atoms with Crippen molar-refractivity contribution in [2.75, 3.05) is 32.7 Å². The highest BCUT2D eigenvalue weighted by molar-refractivity contribution is 7.10. The Bertz CT molecular complexity index is 1020. The lowest BCUT2D eigenvalue weighted by Gasteiger charge is -2.41. The number of fused-ring (bicyclic) bond motifs is 1. The molecule has 34 heavy (non-hydrogen) atoms. The second-order valence-electron chi connectivity index (χ2n) is 11.0. The maximum Gasteiger partial charge on any atom is 0.239 e. The topological polar surface area (TPSA) is 43.9 Å². The number of benzene rings is 1. The summed E-state index contributed by atoms with van der Waals surface area (Å²) >= 11 is 1.83. The zero-order chi connectivity index (χ0) is 24.5. The molecular weight excluding hydrogens is 442 g/mol. The van der Waals surface area contributed by atoms with Gasteiger partial charge in [-0.05, 0) is 60.2 Å². The molecule has 1 aromatic carbocycles. The summed E-state index contributed by atoms with van der Waals surface area (Å²) in [6.07, 6.45) is 2.37. The molecule has 1 saturated heterocycles. The van der Waals surface area contributed by atoms with Gasteiger partial charge in [0.2, 0.25) is 11.8 Å². The average Bonchev–Trinajstić information content (AvgIpc) is 3.12. The molecule has 184 valence electrons. The van der Waals surface area contributed by atoms with Gasteiger partial charge in [0.25, 0.3) is 0 Å². The van der Waals surface area contributed by atoms with Crippen molar-refractivity contribution >= 4 is 23.2 Å². The molecule has 2 amide bonds. The molecule has 0 aliphatic carbocycles. The van der Waals surface area contributed by atoms with E-state index in [9.17, 15) is 9.59 Å². The molecule has 0 saturated carbocycles. The van der Waals surface area contributed by atoms with Crippen LogP contribution in [-0.2, 0) is 16.0 Å². The SMILES string of the molecule is Cc1ccccc1[C@@H]1c2ccsc2CCN1[C@@H](C)C(=O)N1CCCN(C(=O)CC(C)(C)C)CC1. The van der Waals surface area contributed by atoms with Crippen molar-refractivity contribution in [3.63, 3.8) is 0 Å². The van der Waals surface area contributed by atoms with Gasteiger partial charge in [0.1, 0.15) is 0 Å². The summed E-state index contributed by atoms with van der Waals surface area (Å²) in [7, 11) is 0. The Morgan fingerprint density at radius 2 is 1.71 bits per heavy atom. The number of carbonyl (C=O) groups excluding carboxylic acids is 2. The second kappa shape index (κ2) is 10.2. The molecule has 0 bridgehead atoms. The third-order valence-corrected chi connectivity index (χ3v) is 8.18. The molecular formula is C28H39N3O2S. The van der Waals surface area contributed by atoms with Crippen molar-refractivity contribution < 1.29 is 9.59 Å². The zero-order valence-corrected chi connectivity index (χ0v) is 22.2. The van der Waals surface area contributed by atoms with Gasteiger partial charge >= 0.3 is 0 Å². The van der Waals surface area contributed by atoms with Crippen molar-refractivity contribution in [1.29, 1.82) is 0 Å². The summed E-state index contributed by atoms with van der Waals surface area (Å²) in [6, 6.07) is 10.7. The van der Waals surface area contributed by atoms with Crippen LogP contribution >= 0.6 is 11.3 Å². The number of nitrogens with zero attached hydrogens (tertiary/aromatic N) is 3. The number of aryl methyl sites for hydroxylation is 1. The lowest BCUT2D eigenvalue weighted by Crippen LogP contribution is -2.51. The Morgan fingerprint density at radius 3 is 2.44 bits per heavy atom. The maximum atomic E-state index is 13.8. The summed E-state index contributed by atoms with van der Waals surface area (Å²) < 4.78 is 0. The first kappa shape index (κ1) is 24.9. The summed E-state index contributed by atoms with van der Waals surface area (Å²) in [5.41, 5.74) is 3.88. The van der Waals surface area contributed by atoms with Gasteiger partial charge in [-0.15, -0.1) is 11.3 Å². The van der Waals surface area contributed by atoms with Crippen molar-refractivity contribution in [3.8, 4) is 0 Å². The van der Waals surface area contributed by atoms with Gasteiger partial charge in [-0.2, -0.15) is 0 Å². The van der Waals surface area contributed by atoms with Crippen molar-refractivity contribution in [3.05, 3.63) is 57.3 Å². The number of rotatable bonds is 4. The number of thiophene rings is 1. The first-order valence-electron chi connectivity index (χ1n) is 12.6. The predicted octanol–water partition coefficient (Wildman–Crippen LogP) is 4.89. The Labute approximate surface area is 208 Å². The van der Waals surface area contributed by atoms with Crippen LogP contribution in [-0.4, -0.2) is 65.3 Å². The molecule has 0 radical (unpaired) electrons. The van der Waals surface area contributed by atoms with Gasteiger partial charge in [-0.3, -0.25) is 14.5 Å². The molecule has 0 N–H and O–H groups in total. The molecule has 1 fully saturated rings. The van der Waals surface area contributed by atoms with Gasteiger partial charge in [0.15, 0.2) is 0 Å². The fourth-order valence-corrected chi connectivity index (χ4v) is 6.26. The van der Waals surface area contributed by atoms with Crippen molar-refractivity contribution in [2.45, 2.75) is 66.0 Å². The van der Waals surface area contributed by atoms with Crippen LogP contribution < -0.4 is 0 Å². The number of hydrogen-bond acceptors (Lipinski definition) is 4. The van der Waals surface area contributed by atoms with Crippen LogP contribution in [0.1, 0.15) is 68.1 Å². The van der Waals surface area contributed by atoms with Gasteiger partial charge in [-0.25, -0.2) is 0 Å². The molecule has 3 heterocycles. The largest absolute Gasteiger partial charge is 0.341 e. The van der Waals surface area contributed by atoms with E-state index < -0.39 is 0 Å². The normalized spacial score (nSPS) is 20.6. The van der Waals surface area contributed by atoms with E-state index in [4.69, 9.17) is 0 Å². The van der Waals surface area contributed by atoms with Crippen LogP contribution in [0.5, 0.6) is 0 Å². The van der Waals surface area contributed by atoms with E-state index >= 15 is 0 Å². The predicted molar refractivity (Wildman–Crippen MR) is 139 cm³/mol. The third-order valence-electron chi connectivity index (χ3n) is 7.18. The summed E-state index contributed by atoms with van der Waals surface area (Å²) in [5.74, 6) is 0.387. The number of carbonyl (C=O) groups is 2. The molecule has 5 nitrogen and oxygen atoms in total. The second-order valence-corrected chi connectivity index (χ2v) is 12.0. The van der Waals surface area contributed by atoms with E-state index in [1.54, 1.807) is 0 Å². The molecule has 2 atom stereocenters. The van der Waals surface area contributed by atoms with Crippen LogP contribution in [0.4, 0.5) is 0 Å². The van der Waals surface area contributed by atoms with Crippen molar-refractivity contribution in [1.82, 2.24) is 14.7 Å². The maximum absolute atomic E-state index is 13.8. The van der Waals surface area contributed by atoms with Gasteiger partial charge in [0, 0.05) is 44.0 Å². The van der Waals surface area contributed by atoms with E-state index in [0.29, 0.717) is 19.5 Å². The van der Waals surface area contributed by atoms with Crippen LogP contribution in [0, 0.1) is 12.3 Å². The molecule has 2 aromatic rings. The minimum Gasteiger partial charge on any atom is -0.341 e. The van der Waals surface area contributed by atoms with Gasteiger partial charge in [-0.1, -0.05) is 45.0 Å². The molecule has 6 heteroatoms. The van der Waals surface area contributed by atoms with Crippen LogP contribution in [0.25, 0.3) is 0 Å². The zero-order valence-electron chi connectivity index (χ0n) is 21.3. The number of amides is 2. The standard InChI is InChI=1S/C28H39N3O2S/c1-20-9-6-7-10-22(20)26-23-12-18-34-24(23)11-15-31(26)21(2)27(33)30-14-8-13-29(16-17-30)25(32)19-28(3,4)5/h6-7,9-10,12,18,21,26H,8,11,13-17,19H2,1-5H3/t21-,26+/m0/s1. The highest BCUT2D eigenvalue weighted by Crippen LogP contribution is 2.40. The minimum atomic E-state index is -0.213. The van der Waals surface area contributed by atoms with E-state index in [-0.39, 0.29) is 29.3 Å². The molecule has 0 unspecified atom stereocenters. The fraction of sp³-hybridized carbons (Fsp3) is 0.571. The molecule has 4 rings (SSSR count). The highest BCUT2D eigenvalue weighted by atomic mass is 32.1. The lowest BCUT2D eigenvalue weighted by molar-refractivity contribution is -0.138. The number of hydrogen-bond donors (Lipinski definition) is 0. The lowest BCUT2D eigenvalue weighted by atomic mass is 9.89. The summed E-state index contributed by atoms with van der Waals surface area (Å²) in [4.78, 5) is 34.3. The third kappa shape index (κ3) is 5.38. The van der Waals surface area contributed by atoms with E-state index in [1.807, 2.05) is 21.1 Å². The Hall–Kier alpha value is -2.18. The Balaban J connectivity index is 1.50. The summed E-state index contributed by atoms with van der Waals surface area (Å²) in [5, 5.41) is 2.18. The Kier molecular flexibility index (Phi) is 7.48. The fourth-order valence-electron chi connectivity index (χ4n) is 5.35. The van der Waals surface area contributed by atoms with Gasteiger partial charge in [0.05, 0.1) is 12.1 Å². The quantitative estimate of drug-likeness (QED) is 0.625. The average molecular weight is 482 g/mol. The van der Waals surface area contributed by atoms with Crippen LogP contribution in [0.3, 0.4) is 0 Å². The molecule has 2 aliphatic rings. The van der Waals surface area contributed by atoms with E-state index in [0.717, 1.165) is 32.5 Å². The molecule has 1 aromatic heterocycles. The van der Waals surface area contributed by atoms with Gasteiger partial charge < -0.3 is 9.80 Å². The first-order valence-corrected chi connectivity index (χ1v) is 13.5. The monoisotopic (exact) mass is 481 g/mol. The molecule has 0 spiro atoms. The van der Waals surface area contributed by atoms with E-state index in [2.05, 4.69) is 75.2 Å². The van der Waals surface area contributed by atoms with Crippen molar-refractivity contribution in [2.24, 2.45) is 5.41 Å². The van der Waals surface area contributed by atoms with Crippen LogP contribution in [0.15, 0.2) is 35.7 Å².